The van der Waals surface area contributed by atoms with Crippen molar-refractivity contribution >= 4 is 17.0 Å². The second kappa shape index (κ2) is 5.70. The van der Waals surface area contributed by atoms with Gasteiger partial charge in [0.05, 0.1) is 28.9 Å². The van der Waals surface area contributed by atoms with Crippen LogP contribution in [0, 0.1) is 6.92 Å². The highest BCUT2D eigenvalue weighted by atomic mass is 16.5. The quantitative estimate of drug-likeness (QED) is 0.690. The number of esters is 1. The first-order valence-corrected chi connectivity index (χ1v) is 8.17. The average Bonchev–Trinajstić information content (AvgIpc) is 3.40. The molecule has 3 aromatic rings. The fraction of sp³-hybridized carbons (Fsp3) is 0.333. The lowest BCUT2D eigenvalue weighted by atomic mass is 10.1. The molecular formula is C18H18N4O2. The molecule has 0 radical (unpaired) electrons. The van der Waals surface area contributed by atoms with Crippen molar-refractivity contribution < 1.29 is 9.53 Å². The Morgan fingerprint density at radius 2 is 2.08 bits per heavy atom. The summed E-state index contributed by atoms with van der Waals surface area (Å²) in [4.78, 5) is 21.3. The first-order chi connectivity index (χ1) is 11.7. The van der Waals surface area contributed by atoms with Crippen LogP contribution in [0.2, 0.25) is 0 Å². The van der Waals surface area contributed by atoms with Gasteiger partial charge >= 0.3 is 5.97 Å². The Morgan fingerprint density at radius 3 is 2.75 bits per heavy atom. The number of ether oxygens (including phenoxy) is 1. The van der Waals surface area contributed by atoms with Gasteiger partial charge < -0.3 is 4.74 Å². The molecule has 0 spiro atoms. The molecule has 6 nitrogen and oxygen atoms in total. The number of hydrogen-bond donors (Lipinski definition) is 0. The highest BCUT2D eigenvalue weighted by Gasteiger charge is 2.29. The molecule has 0 unspecified atom stereocenters. The molecule has 1 fully saturated rings. The van der Waals surface area contributed by atoms with Gasteiger partial charge in [0.2, 0.25) is 0 Å². The highest BCUT2D eigenvalue weighted by Crippen LogP contribution is 2.40. The average molecular weight is 322 g/mol. The summed E-state index contributed by atoms with van der Waals surface area (Å²) in [6.45, 7) is 4.05. The van der Waals surface area contributed by atoms with E-state index in [9.17, 15) is 4.79 Å². The van der Waals surface area contributed by atoms with Crippen LogP contribution in [0.1, 0.15) is 47.4 Å². The van der Waals surface area contributed by atoms with Crippen molar-refractivity contribution in [3.8, 4) is 5.69 Å². The third kappa shape index (κ3) is 2.44. The van der Waals surface area contributed by atoms with Crippen molar-refractivity contribution in [1.29, 1.82) is 0 Å². The van der Waals surface area contributed by atoms with Crippen LogP contribution in [0.3, 0.4) is 0 Å². The molecular weight excluding hydrogens is 304 g/mol. The lowest BCUT2D eigenvalue weighted by Crippen LogP contribution is -2.08. The molecule has 0 atom stereocenters. The number of fused-ring (bicyclic) bond motifs is 1. The second-order valence-electron chi connectivity index (χ2n) is 5.99. The SMILES string of the molecule is CCOC(=O)c1cc(C2CC2)nc2c1c(C)nn2-c1ccncc1. The van der Waals surface area contributed by atoms with Gasteiger partial charge in [0, 0.05) is 24.0 Å². The van der Waals surface area contributed by atoms with E-state index in [4.69, 9.17) is 9.72 Å². The molecule has 24 heavy (non-hydrogen) atoms. The van der Waals surface area contributed by atoms with E-state index in [0.717, 1.165) is 35.3 Å². The minimum atomic E-state index is -0.316. The molecule has 1 saturated carbocycles. The first kappa shape index (κ1) is 14.8. The molecule has 122 valence electrons. The van der Waals surface area contributed by atoms with E-state index in [-0.39, 0.29) is 5.97 Å². The number of pyridine rings is 2. The third-order valence-corrected chi connectivity index (χ3v) is 4.23. The molecule has 0 amide bonds. The maximum Gasteiger partial charge on any atom is 0.339 e. The van der Waals surface area contributed by atoms with Gasteiger partial charge in [0.25, 0.3) is 0 Å². The summed E-state index contributed by atoms with van der Waals surface area (Å²) in [6.07, 6.45) is 5.66. The maximum absolute atomic E-state index is 12.5. The molecule has 0 N–H and O–H groups in total. The lowest BCUT2D eigenvalue weighted by molar-refractivity contribution is 0.0528. The maximum atomic E-state index is 12.5. The van der Waals surface area contributed by atoms with Crippen LogP contribution in [-0.4, -0.2) is 32.3 Å². The number of carbonyl (C=O) groups is 1. The van der Waals surface area contributed by atoms with Gasteiger partial charge in [0.1, 0.15) is 0 Å². The Bertz CT molecular complexity index is 914. The van der Waals surface area contributed by atoms with E-state index in [2.05, 4.69) is 10.1 Å². The van der Waals surface area contributed by atoms with Crippen LogP contribution in [0.15, 0.2) is 30.6 Å². The van der Waals surface area contributed by atoms with E-state index < -0.39 is 0 Å². The molecule has 4 rings (SSSR count). The molecule has 0 bridgehead atoms. The fourth-order valence-electron chi connectivity index (χ4n) is 2.93. The van der Waals surface area contributed by atoms with Crippen LogP contribution in [0.5, 0.6) is 0 Å². The Kier molecular flexibility index (Phi) is 3.52. The summed E-state index contributed by atoms with van der Waals surface area (Å²) in [5.41, 5.74) is 3.84. The van der Waals surface area contributed by atoms with Crippen molar-refractivity contribution in [2.24, 2.45) is 0 Å². The normalized spacial score (nSPS) is 14.1. The molecule has 0 saturated heterocycles. The van der Waals surface area contributed by atoms with E-state index in [0.29, 0.717) is 23.7 Å². The van der Waals surface area contributed by atoms with Gasteiger partial charge in [-0.1, -0.05) is 0 Å². The van der Waals surface area contributed by atoms with Crippen molar-refractivity contribution in [2.75, 3.05) is 6.61 Å². The monoisotopic (exact) mass is 322 g/mol. The molecule has 6 heteroatoms. The zero-order valence-electron chi connectivity index (χ0n) is 13.7. The summed E-state index contributed by atoms with van der Waals surface area (Å²) >= 11 is 0. The Labute approximate surface area is 139 Å². The number of hydrogen-bond acceptors (Lipinski definition) is 5. The molecule has 0 aliphatic heterocycles. The van der Waals surface area contributed by atoms with Crippen LogP contribution >= 0.6 is 0 Å². The largest absolute Gasteiger partial charge is 0.462 e. The van der Waals surface area contributed by atoms with Crippen LogP contribution in [0.4, 0.5) is 0 Å². The van der Waals surface area contributed by atoms with Crippen molar-refractivity contribution in [1.82, 2.24) is 19.7 Å². The van der Waals surface area contributed by atoms with Crippen molar-refractivity contribution in [2.45, 2.75) is 32.6 Å². The number of nitrogens with zero attached hydrogens (tertiary/aromatic N) is 4. The molecule has 3 heterocycles. The predicted octanol–water partition coefficient (Wildman–Crippen LogP) is 3.18. The first-order valence-electron chi connectivity index (χ1n) is 8.17. The lowest BCUT2D eigenvalue weighted by Gasteiger charge is -2.08. The Balaban J connectivity index is 1.98. The second-order valence-corrected chi connectivity index (χ2v) is 5.99. The molecule has 3 aromatic heterocycles. The van der Waals surface area contributed by atoms with Gasteiger partial charge in [-0.3, -0.25) is 4.98 Å². The summed E-state index contributed by atoms with van der Waals surface area (Å²) in [5.74, 6) is 0.118. The zero-order valence-corrected chi connectivity index (χ0v) is 13.7. The van der Waals surface area contributed by atoms with Gasteiger partial charge in [-0.2, -0.15) is 5.10 Å². The number of aromatic nitrogens is 4. The third-order valence-electron chi connectivity index (χ3n) is 4.23. The number of aryl methyl sites for hydroxylation is 1. The standard InChI is InChI=1S/C18H18N4O2/c1-3-24-18(23)14-10-15(12-4-5-12)20-17-16(14)11(2)21-22(17)13-6-8-19-9-7-13/h6-10,12H,3-5H2,1-2H3. The summed E-state index contributed by atoms with van der Waals surface area (Å²) in [5, 5.41) is 5.36. The van der Waals surface area contributed by atoms with E-state index in [1.54, 1.807) is 17.1 Å². The molecule has 0 aromatic carbocycles. The topological polar surface area (TPSA) is 69.9 Å². The molecule has 1 aliphatic carbocycles. The zero-order chi connectivity index (χ0) is 16.7. The van der Waals surface area contributed by atoms with E-state index in [1.165, 1.54) is 0 Å². The fourth-order valence-corrected chi connectivity index (χ4v) is 2.93. The number of rotatable bonds is 4. The summed E-state index contributed by atoms with van der Waals surface area (Å²) in [7, 11) is 0. The van der Waals surface area contributed by atoms with Crippen molar-refractivity contribution in [3.05, 3.63) is 47.5 Å². The highest BCUT2D eigenvalue weighted by molar-refractivity contribution is 6.04. The smallest absolute Gasteiger partial charge is 0.339 e. The van der Waals surface area contributed by atoms with Gasteiger partial charge in [-0.15, -0.1) is 0 Å². The van der Waals surface area contributed by atoms with Gasteiger partial charge in [-0.25, -0.2) is 14.5 Å². The number of carbonyl (C=O) groups excluding carboxylic acids is 1. The predicted molar refractivity (Wildman–Crippen MR) is 89.3 cm³/mol. The van der Waals surface area contributed by atoms with E-state index >= 15 is 0 Å². The van der Waals surface area contributed by atoms with E-state index in [1.807, 2.05) is 32.0 Å². The molecule has 1 aliphatic rings. The van der Waals surface area contributed by atoms with Gasteiger partial charge in [0.15, 0.2) is 5.65 Å². The minimum absolute atomic E-state index is 0.316. The van der Waals surface area contributed by atoms with Crippen LogP contribution in [-0.2, 0) is 4.74 Å². The summed E-state index contributed by atoms with van der Waals surface area (Å²) in [6, 6.07) is 5.63. The van der Waals surface area contributed by atoms with Crippen LogP contribution < -0.4 is 0 Å². The van der Waals surface area contributed by atoms with Gasteiger partial charge in [-0.05, 0) is 44.9 Å². The van der Waals surface area contributed by atoms with Crippen LogP contribution in [0.25, 0.3) is 16.7 Å². The van der Waals surface area contributed by atoms with Crippen molar-refractivity contribution in [3.63, 3.8) is 0 Å². The summed E-state index contributed by atoms with van der Waals surface area (Å²) < 4.78 is 7.03. The Hall–Kier alpha value is -2.76. The minimum Gasteiger partial charge on any atom is -0.462 e. The Morgan fingerprint density at radius 1 is 1.33 bits per heavy atom.